The Labute approximate surface area is 239 Å². The van der Waals surface area contributed by atoms with Crippen molar-refractivity contribution in [1.82, 2.24) is 4.90 Å². The van der Waals surface area contributed by atoms with Crippen molar-refractivity contribution in [2.45, 2.75) is 74.4 Å². The number of carboxylic acids is 2. The molecule has 0 saturated carbocycles. The number of nitrogens with zero attached hydrogens (tertiary/aromatic N) is 1. The van der Waals surface area contributed by atoms with E-state index in [2.05, 4.69) is 4.90 Å². The largest absolute Gasteiger partial charge is 0.493 e. The number of aliphatic carboxylic acids is 2. The monoisotopic (exact) mass is 589 g/mol. The van der Waals surface area contributed by atoms with Crippen LogP contribution in [0.2, 0.25) is 0 Å². The number of likely N-dealkylation sites (N-methyl/N-ethyl adjacent to an activating group) is 1. The van der Waals surface area contributed by atoms with Crippen LogP contribution in [0.4, 0.5) is 0 Å². The van der Waals surface area contributed by atoms with Crippen LogP contribution in [-0.4, -0.2) is 101 Å². The molecule has 0 amide bonds. The molecule has 14 heteroatoms. The van der Waals surface area contributed by atoms with Gasteiger partial charge in [-0.1, -0.05) is 6.07 Å². The third-order valence-corrected chi connectivity index (χ3v) is 8.61. The van der Waals surface area contributed by atoms with E-state index in [1.807, 2.05) is 13.1 Å². The summed E-state index contributed by atoms with van der Waals surface area (Å²) in [7, 11) is 3.46. The first-order chi connectivity index (χ1) is 19.8. The van der Waals surface area contributed by atoms with Crippen molar-refractivity contribution in [2.24, 2.45) is 0 Å². The van der Waals surface area contributed by atoms with Crippen molar-refractivity contribution in [3.05, 3.63) is 35.1 Å². The van der Waals surface area contributed by atoms with Gasteiger partial charge in [-0.3, -0.25) is 14.4 Å². The molecule has 0 radical (unpaired) electrons. The molecule has 14 nitrogen and oxygen atoms in total. The summed E-state index contributed by atoms with van der Waals surface area (Å²) >= 11 is 0. The Morgan fingerprint density at radius 2 is 1.86 bits per heavy atom. The third-order valence-electron chi connectivity index (χ3n) is 8.61. The molecule has 0 aromatic heterocycles. The minimum atomic E-state index is -2.07. The Hall–Kier alpha value is -4.17. The molecule has 1 spiro atoms. The topological polar surface area (TPSA) is 195 Å². The summed E-state index contributed by atoms with van der Waals surface area (Å²) in [4.78, 5) is 61.8. The molecule has 1 aromatic rings. The minimum Gasteiger partial charge on any atom is -0.493 e. The van der Waals surface area contributed by atoms with E-state index in [4.69, 9.17) is 28.8 Å². The summed E-state index contributed by atoms with van der Waals surface area (Å²) in [5, 5.41) is 30.3. The number of likely N-dealkylation sites (tertiary alicyclic amines) is 1. The lowest BCUT2D eigenvalue weighted by molar-refractivity contribution is -0.181. The summed E-state index contributed by atoms with van der Waals surface area (Å²) < 4.78 is 27.3. The number of methoxy groups -OCH3 is 1. The molecule has 1 aromatic carbocycles. The number of hydrogen-bond acceptors (Lipinski definition) is 12. The quantitative estimate of drug-likeness (QED) is 0.249. The number of esters is 3. The van der Waals surface area contributed by atoms with Crippen molar-refractivity contribution < 1.29 is 63.0 Å². The van der Waals surface area contributed by atoms with Gasteiger partial charge < -0.3 is 43.9 Å². The first kappa shape index (κ1) is 29.3. The maximum absolute atomic E-state index is 13.1. The molecule has 226 valence electrons. The van der Waals surface area contributed by atoms with Gasteiger partial charge in [-0.25, -0.2) is 9.59 Å². The van der Waals surface area contributed by atoms with Crippen LogP contribution in [0.3, 0.4) is 0 Å². The molecular weight excluding hydrogens is 558 g/mol. The van der Waals surface area contributed by atoms with Gasteiger partial charge in [-0.15, -0.1) is 0 Å². The van der Waals surface area contributed by atoms with E-state index in [-0.39, 0.29) is 18.2 Å². The van der Waals surface area contributed by atoms with Crippen molar-refractivity contribution in [1.29, 1.82) is 0 Å². The Kier molecular flexibility index (Phi) is 7.39. The van der Waals surface area contributed by atoms with Gasteiger partial charge in [0.15, 0.2) is 17.6 Å². The molecule has 1 saturated heterocycles. The molecule has 3 N–H and O–H groups in total. The zero-order valence-electron chi connectivity index (χ0n) is 23.2. The fraction of sp³-hybridized carbons (Fsp3) is 0.536. The SMILES string of the molecule is COc1ccc2c3c1O[C@H]1C(OC(=O)C[C@H](OC(C)=O)C(=O)O[C@@H](CC(=O)O)C(=O)O)=CC[C@@]4(O)[C@@H](C2)N(C)CC[C@]314. The number of carboxylic acid groups (broad SMARTS) is 2. The highest BCUT2D eigenvalue weighted by Crippen LogP contribution is 2.65. The molecule has 5 rings (SSSR count). The second kappa shape index (κ2) is 10.6. The Morgan fingerprint density at radius 3 is 2.50 bits per heavy atom. The van der Waals surface area contributed by atoms with Crippen LogP contribution < -0.4 is 9.47 Å². The lowest BCUT2D eigenvalue weighted by Crippen LogP contribution is -2.74. The molecular formula is C28H31NO13. The van der Waals surface area contributed by atoms with Gasteiger partial charge in [0.2, 0.25) is 12.2 Å². The predicted octanol–water partition coefficient (Wildman–Crippen LogP) is 0.309. The Morgan fingerprint density at radius 1 is 1.12 bits per heavy atom. The van der Waals surface area contributed by atoms with Gasteiger partial charge in [-0.2, -0.15) is 0 Å². The number of carbonyl (C=O) groups is 5. The number of carbonyl (C=O) groups excluding carboxylic acids is 3. The van der Waals surface area contributed by atoms with E-state index in [1.54, 1.807) is 12.1 Å². The highest BCUT2D eigenvalue weighted by Gasteiger charge is 2.72. The number of benzene rings is 1. The van der Waals surface area contributed by atoms with Crippen LogP contribution >= 0.6 is 0 Å². The minimum absolute atomic E-state index is 0.100. The van der Waals surface area contributed by atoms with Crippen LogP contribution in [0.15, 0.2) is 24.0 Å². The molecule has 2 aliphatic heterocycles. The van der Waals surface area contributed by atoms with E-state index in [1.165, 1.54) is 7.11 Å². The van der Waals surface area contributed by atoms with Gasteiger partial charge in [0, 0.05) is 24.9 Å². The van der Waals surface area contributed by atoms with Gasteiger partial charge in [0.05, 0.1) is 31.0 Å². The molecule has 1 fully saturated rings. The highest BCUT2D eigenvalue weighted by molar-refractivity contribution is 5.87. The van der Waals surface area contributed by atoms with Gasteiger partial charge in [0.25, 0.3) is 0 Å². The lowest BCUT2D eigenvalue weighted by Gasteiger charge is -2.61. The molecule has 42 heavy (non-hydrogen) atoms. The van der Waals surface area contributed by atoms with Gasteiger partial charge in [-0.05, 0) is 44.1 Å². The first-order valence-corrected chi connectivity index (χ1v) is 13.3. The van der Waals surface area contributed by atoms with Gasteiger partial charge in [0.1, 0.15) is 5.76 Å². The van der Waals surface area contributed by atoms with Crippen LogP contribution in [0.25, 0.3) is 0 Å². The Bertz CT molecular complexity index is 1390. The summed E-state index contributed by atoms with van der Waals surface area (Å²) in [6.07, 6.45) is -3.98. The molecule has 4 aliphatic rings. The summed E-state index contributed by atoms with van der Waals surface area (Å²) in [6, 6.07) is 3.51. The summed E-state index contributed by atoms with van der Waals surface area (Å²) in [5.74, 6) is -5.66. The third kappa shape index (κ3) is 4.54. The average molecular weight is 590 g/mol. The summed E-state index contributed by atoms with van der Waals surface area (Å²) in [5.41, 5.74) is -0.384. The molecule has 2 aliphatic carbocycles. The standard InChI is InChI=1S/C28H31NO13/c1-13(30)39-18(26(36)41-17(25(34)35)11-20(31)32)12-21(33)40-16-6-7-28(37)19-10-14-4-5-15(38-3)23-22(14)27(28,24(16)42-23)8-9-29(19)2/h4-6,17-19,24,37H,7-12H2,1-3H3,(H,31,32)(H,34,35)/t17-,18-,19+,24-,27-,28+/m0/s1. The van der Waals surface area contributed by atoms with E-state index < -0.39 is 72.0 Å². The lowest BCUT2D eigenvalue weighted by atomic mass is 9.50. The average Bonchev–Trinajstić information content (AvgIpc) is 3.27. The smallest absolute Gasteiger partial charge is 0.348 e. The van der Waals surface area contributed by atoms with E-state index in [9.17, 15) is 34.2 Å². The summed E-state index contributed by atoms with van der Waals surface area (Å²) in [6.45, 7) is 1.61. The van der Waals surface area contributed by atoms with Crippen molar-refractivity contribution >= 4 is 29.8 Å². The van der Waals surface area contributed by atoms with Gasteiger partial charge >= 0.3 is 29.8 Å². The second-order valence-electron chi connectivity index (χ2n) is 10.9. The van der Waals surface area contributed by atoms with E-state index >= 15 is 0 Å². The number of piperidine rings is 1. The fourth-order valence-corrected chi connectivity index (χ4v) is 6.84. The van der Waals surface area contributed by atoms with Crippen LogP contribution in [0.1, 0.15) is 43.7 Å². The maximum atomic E-state index is 13.1. The second-order valence-corrected chi connectivity index (χ2v) is 10.9. The fourth-order valence-electron chi connectivity index (χ4n) is 6.84. The number of rotatable bonds is 10. The predicted molar refractivity (Wildman–Crippen MR) is 138 cm³/mol. The van der Waals surface area contributed by atoms with Crippen LogP contribution in [-0.2, 0) is 50.0 Å². The first-order valence-electron chi connectivity index (χ1n) is 13.3. The number of aliphatic hydroxyl groups is 1. The molecule has 0 unspecified atom stereocenters. The van der Waals surface area contributed by atoms with Crippen molar-refractivity contribution in [3.8, 4) is 11.5 Å². The normalized spacial score (nSPS) is 28.2. The molecule has 2 heterocycles. The number of ether oxygens (including phenoxy) is 5. The molecule has 2 bridgehead atoms. The van der Waals surface area contributed by atoms with Crippen molar-refractivity contribution in [3.63, 3.8) is 0 Å². The van der Waals surface area contributed by atoms with Crippen molar-refractivity contribution in [2.75, 3.05) is 20.7 Å². The maximum Gasteiger partial charge on any atom is 0.348 e. The molecule has 6 atom stereocenters. The zero-order chi connectivity index (χ0) is 30.6. The van der Waals surface area contributed by atoms with E-state index in [0.717, 1.165) is 18.1 Å². The zero-order valence-corrected chi connectivity index (χ0v) is 23.2. The Balaban J connectivity index is 1.41. The van der Waals surface area contributed by atoms with Crippen LogP contribution in [0.5, 0.6) is 11.5 Å². The number of hydrogen-bond donors (Lipinski definition) is 3. The highest BCUT2D eigenvalue weighted by atomic mass is 16.6. The van der Waals surface area contributed by atoms with E-state index in [0.29, 0.717) is 30.9 Å². The van der Waals surface area contributed by atoms with Crippen LogP contribution in [0, 0.1) is 0 Å².